The van der Waals surface area contributed by atoms with E-state index in [2.05, 4.69) is 25.3 Å². The van der Waals surface area contributed by atoms with Gasteiger partial charge in [-0.1, -0.05) is 0 Å². The zero-order chi connectivity index (χ0) is 22.1. The molecule has 0 fully saturated rings. The predicted molar refractivity (Wildman–Crippen MR) is 125 cm³/mol. The van der Waals surface area contributed by atoms with Crippen molar-refractivity contribution in [3.63, 3.8) is 0 Å². The normalized spacial score (nSPS) is 14.5. The Morgan fingerprint density at radius 3 is 2.59 bits per heavy atom. The molecule has 0 saturated carbocycles. The minimum Gasteiger partial charge on any atom is -0.361 e. The Morgan fingerprint density at radius 2 is 1.81 bits per heavy atom. The Kier molecular flexibility index (Phi) is 5.17. The van der Waals surface area contributed by atoms with Gasteiger partial charge in [-0.25, -0.2) is 18.1 Å². The zero-order valence-corrected chi connectivity index (χ0v) is 18.2. The van der Waals surface area contributed by atoms with Gasteiger partial charge in [-0.05, 0) is 54.1 Å². The number of rotatable bonds is 6. The van der Waals surface area contributed by atoms with Crippen LogP contribution in [0.15, 0.2) is 77.5 Å². The van der Waals surface area contributed by atoms with Crippen LogP contribution in [-0.4, -0.2) is 24.3 Å². The van der Waals surface area contributed by atoms with Gasteiger partial charge in [0.25, 0.3) is 5.91 Å². The molecule has 0 unspecified atom stereocenters. The number of carbonyl (C=O) groups excluding carboxylic acids is 1. The van der Waals surface area contributed by atoms with Gasteiger partial charge in [0, 0.05) is 36.4 Å². The van der Waals surface area contributed by atoms with Gasteiger partial charge in [-0.15, -0.1) is 11.3 Å². The molecule has 10 heteroatoms. The molecule has 8 nitrogen and oxygen atoms in total. The van der Waals surface area contributed by atoms with Crippen LogP contribution >= 0.6 is 11.3 Å². The van der Waals surface area contributed by atoms with Gasteiger partial charge < -0.3 is 10.6 Å². The minimum atomic E-state index is -3.66. The summed E-state index contributed by atoms with van der Waals surface area (Å²) in [5.74, 6) is -0.201. The van der Waals surface area contributed by atoms with Crippen LogP contribution in [0.2, 0.25) is 0 Å². The summed E-state index contributed by atoms with van der Waals surface area (Å²) in [6.45, 7) is 0.178. The van der Waals surface area contributed by atoms with E-state index in [0.717, 1.165) is 27.0 Å². The van der Waals surface area contributed by atoms with E-state index in [0.29, 0.717) is 11.3 Å². The van der Waals surface area contributed by atoms with Crippen LogP contribution < -0.4 is 15.4 Å². The number of pyridine rings is 1. The van der Waals surface area contributed by atoms with Crippen molar-refractivity contribution in [3.05, 3.63) is 83.8 Å². The maximum atomic E-state index is 12.5. The highest BCUT2D eigenvalue weighted by molar-refractivity contribution is 7.89. The van der Waals surface area contributed by atoms with Crippen LogP contribution in [0, 0.1) is 0 Å². The molecule has 3 N–H and O–H groups in total. The summed E-state index contributed by atoms with van der Waals surface area (Å²) in [6.07, 6.45) is 4.86. The molecule has 0 radical (unpaired) electrons. The highest BCUT2D eigenvalue weighted by Crippen LogP contribution is 2.39. The van der Waals surface area contributed by atoms with Crippen LogP contribution in [0.25, 0.3) is 15.8 Å². The molecule has 1 amide bonds. The average Bonchev–Trinajstić information content (AvgIpc) is 3.41. The lowest BCUT2D eigenvalue weighted by molar-refractivity contribution is -0.110. The molecule has 0 spiro atoms. The molecule has 2 aromatic heterocycles. The number of sulfonamides is 1. The minimum absolute atomic E-state index is 0.153. The van der Waals surface area contributed by atoms with Crippen LogP contribution in [0.4, 0.5) is 11.4 Å². The summed E-state index contributed by atoms with van der Waals surface area (Å²) in [7, 11) is -3.66. The molecule has 3 heterocycles. The number of benzene rings is 2. The largest absolute Gasteiger partial charge is 0.361 e. The number of nitrogens with zero attached hydrogens (tertiary/aromatic N) is 2. The molecule has 0 atom stereocenters. The highest BCUT2D eigenvalue weighted by atomic mass is 32.2. The third-order valence-corrected chi connectivity index (χ3v) is 7.30. The molecule has 0 aliphatic carbocycles. The van der Waals surface area contributed by atoms with E-state index in [4.69, 9.17) is 0 Å². The predicted octanol–water partition coefficient (Wildman–Crippen LogP) is 3.57. The number of nitrogens with one attached hydrogen (secondary N) is 3. The van der Waals surface area contributed by atoms with Gasteiger partial charge >= 0.3 is 0 Å². The molecule has 1 aliphatic rings. The molecule has 1 aliphatic heterocycles. The van der Waals surface area contributed by atoms with E-state index in [1.165, 1.54) is 23.5 Å². The topological polar surface area (TPSA) is 113 Å². The third-order valence-electron chi connectivity index (χ3n) is 5.02. The number of thiazole rings is 1. The SMILES string of the molecule is O=C1Nc2ccc3ncsc3c2/C1=C/Nc1ccc(S(=O)(=O)NCc2ccncc2)cc1. The van der Waals surface area contributed by atoms with Crippen LogP contribution in [-0.2, 0) is 21.4 Å². The quantitative estimate of drug-likeness (QED) is 0.377. The summed E-state index contributed by atoms with van der Waals surface area (Å²) in [5, 5.41) is 5.95. The first-order valence-corrected chi connectivity index (χ1v) is 12.0. The highest BCUT2D eigenvalue weighted by Gasteiger charge is 2.27. The molecule has 4 aromatic rings. The molecule has 0 bridgehead atoms. The monoisotopic (exact) mass is 463 g/mol. The van der Waals surface area contributed by atoms with E-state index in [1.807, 2.05) is 12.1 Å². The van der Waals surface area contributed by atoms with Crippen molar-refractivity contribution in [3.8, 4) is 0 Å². The Balaban J connectivity index is 1.33. The number of hydrogen-bond donors (Lipinski definition) is 3. The lowest BCUT2D eigenvalue weighted by atomic mass is 10.1. The number of carbonyl (C=O) groups is 1. The maximum absolute atomic E-state index is 12.5. The first-order valence-electron chi connectivity index (χ1n) is 9.64. The van der Waals surface area contributed by atoms with Crippen molar-refractivity contribution in [1.29, 1.82) is 0 Å². The van der Waals surface area contributed by atoms with Crippen LogP contribution in [0.5, 0.6) is 0 Å². The van der Waals surface area contributed by atoms with Crippen molar-refractivity contribution in [2.45, 2.75) is 11.4 Å². The van der Waals surface area contributed by atoms with Crippen molar-refractivity contribution >= 4 is 54.4 Å². The van der Waals surface area contributed by atoms with E-state index in [1.54, 1.807) is 48.4 Å². The molecule has 160 valence electrons. The van der Waals surface area contributed by atoms with Crippen LogP contribution in [0.3, 0.4) is 0 Å². The fraction of sp³-hybridized carbons (Fsp3) is 0.0455. The zero-order valence-electron chi connectivity index (χ0n) is 16.6. The van der Waals surface area contributed by atoms with Crippen molar-refractivity contribution < 1.29 is 13.2 Å². The molecular formula is C22H17N5O3S2. The smallest absolute Gasteiger partial charge is 0.257 e. The van der Waals surface area contributed by atoms with Crippen molar-refractivity contribution in [1.82, 2.24) is 14.7 Å². The van der Waals surface area contributed by atoms with E-state index < -0.39 is 10.0 Å². The number of amides is 1. The summed E-state index contributed by atoms with van der Waals surface area (Å²) in [4.78, 5) is 20.8. The molecule has 5 rings (SSSR count). The van der Waals surface area contributed by atoms with Crippen molar-refractivity contribution in [2.75, 3.05) is 10.6 Å². The van der Waals surface area contributed by atoms with Gasteiger partial charge in [0.15, 0.2) is 0 Å². The Bertz CT molecular complexity index is 1450. The second-order valence-electron chi connectivity index (χ2n) is 7.05. The fourth-order valence-corrected chi connectivity index (χ4v) is 5.26. The molecule has 0 saturated heterocycles. The van der Waals surface area contributed by atoms with Gasteiger partial charge in [-0.2, -0.15) is 0 Å². The van der Waals surface area contributed by atoms with Gasteiger partial charge in [0.1, 0.15) is 0 Å². The number of anilines is 2. The summed E-state index contributed by atoms with van der Waals surface area (Å²) in [6, 6.07) is 13.6. The van der Waals surface area contributed by atoms with Gasteiger partial charge in [-0.3, -0.25) is 9.78 Å². The van der Waals surface area contributed by atoms with Crippen LogP contribution in [0.1, 0.15) is 11.1 Å². The first kappa shape index (κ1) is 20.3. The summed E-state index contributed by atoms with van der Waals surface area (Å²) < 4.78 is 28.6. The maximum Gasteiger partial charge on any atom is 0.257 e. The third kappa shape index (κ3) is 3.86. The summed E-state index contributed by atoms with van der Waals surface area (Å²) >= 11 is 1.48. The molecular weight excluding hydrogens is 446 g/mol. The van der Waals surface area contributed by atoms with E-state index >= 15 is 0 Å². The number of hydrogen-bond acceptors (Lipinski definition) is 7. The second kappa shape index (κ2) is 8.15. The average molecular weight is 464 g/mol. The Labute approximate surface area is 188 Å². The molecule has 32 heavy (non-hydrogen) atoms. The fourth-order valence-electron chi connectivity index (χ4n) is 3.39. The van der Waals surface area contributed by atoms with Gasteiger partial charge in [0.05, 0.1) is 31.9 Å². The standard InChI is InChI=1S/C22H17N5O3S2/c28-22-17(20-18(27-22)5-6-19-21(20)31-13-25-19)12-24-15-1-3-16(4-2-15)32(29,30)26-11-14-7-9-23-10-8-14/h1-10,12-13,24,26H,11H2,(H,27,28)/b17-12-. The van der Waals surface area contributed by atoms with E-state index in [9.17, 15) is 13.2 Å². The second-order valence-corrected chi connectivity index (χ2v) is 9.67. The Morgan fingerprint density at radius 1 is 1.03 bits per heavy atom. The lowest BCUT2D eigenvalue weighted by Gasteiger charge is -2.08. The van der Waals surface area contributed by atoms with Gasteiger partial charge in [0.2, 0.25) is 10.0 Å². The summed E-state index contributed by atoms with van der Waals surface area (Å²) in [5.41, 5.74) is 6.14. The lowest BCUT2D eigenvalue weighted by Crippen LogP contribution is -2.23. The van der Waals surface area contributed by atoms with E-state index in [-0.39, 0.29) is 17.3 Å². The van der Waals surface area contributed by atoms with Crippen molar-refractivity contribution in [2.24, 2.45) is 0 Å². The number of aromatic nitrogens is 2. The molecule has 2 aromatic carbocycles. The first-order chi connectivity index (χ1) is 15.5. The Hall–Kier alpha value is -3.60. The number of fused-ring (bicyclic) bond motifs is 3.